The number of amides is 2. The molecule has 2 amide bonds. The third-order valence-corrected chi connectivity index (χ3v) is 5.29. The molecule has 1 aliphatic heterocycles. The molecule has 1 atom stereocenters. The van der Waals surface area contributed by atoms with E-state index in [2.05, 4.69) is 10.3 Å². The Morgan fingerprint density at radius 3 is 2.59 bits per heavy atom. The van der Waals surface area contributed by atoms with Crippen LogP contribution in [0.5, 0.6) is 0 Å². The molecule has 5 nitrogen and oxygen atoms in total. The van der Waals surface area contributed by atoms with Crippen molar-refractivity contribution in [2.75, 3.05) is 13.1 Å². The molecule has 1 aliphatic rings. The van der Waals surface area contributed by atoms with Gasteiger partial charge in [-0.15, -0.1) is 0 Å². The van der Waals surface area contributed by atoms with Crippen molar-refractivity contribution in [2.24, 2.45) is 0 Å². The molecule has 4 rings (SSSR count). The van der Waals surface area contributed by atoms with Crippen molar-refractivity contribution in [3.8, 4) is 0 Å². The van der Waals surface area contributed by atoms with Crippen LogP contribution in [0.1, 0.15) is 43.1 Å². The van der Waals surface area contributed by atoms with E-state index in [0.717, 1.165) is 35.3 Å². The fourth-order valence-corrected chi connectivity index (χ4v) is 3.63. The summed E-state index contributed by atoms with van der Waals surface area (Å²) in [7, 11) is 0. The minimum atomic E-state index is -0.273. The number of aromatic amines is 1. The van der Waals surface area contributed by atoms with Gasteiger partial charge in [0.05, 0.1) is 17.1 Å². The van der Waals surface area contributed by atoms with Crippen LogP contribution < -0.4 is 5.32 Å². The molecule has 0 aliphatic carbocycles. The number of urea groups is 1. The van der Waals surface area contributed by atoms with Crippen molar-refractivity contribution in [1.29, 1.82) is 0 Å². The van der Waals surface area contributed by atoms with Crippen LogP contribution in [0.25, 0.3) is 11.0 Å². The molecule has 0 saturated carbocycles. The van der Waals surface area contributed by atoms with Crippen LogP contribution in [-0.2, 0) is 0 Å². The molecule has 6 heteroatoms. The summed E-state index contributed by atoms with van der Waals surface area (Å²) in [6, 6.07) is 14.0. The Balaban J connectivity index is 1.34. The summed E-state index contributed by atoms with van der Waals surface area (Å²) in [6.07, 6.45) is 1.77. The number of fused-ring (bicyclic) bond motifs is 1. The maximum absolute atomic E-state index is 13.0. The van der Waals surface area contributed by atoms with Gasteiger partial charge in [0.2, 0.25) is 0 Å². The number of nitrogens with one attached hydrogen (secondary N) is 2. The maximum atomic E-state index is 13.0. The Labute approximate surface area is 157 Å². The van der Waals surface area contributed by atoms with E-state index in [-0.39, 0.29) is 17.9 Å². The normalized spacial score (nSPS) is 16.4. The third-order valence-electron chi connectivity index (χ3n) is 5.29. The number of carbonyl (C=O) groups excluding carboxylic acids is 1. The largest absolute Gasteiger partial charge is 0.342 e. The highest BCUT2D eigenvalue weighted by Crippen LogP contribution is 2.28. The first-order valence-corrected chi connectivity index (χ1v) is 9.35. The minimum Gasteiger partial charge on any atom is -0.342 e. The summed E-state index contributed by atoms with van der Waals surface area (Å²) in [5.74, 6) is 1.08. The quantitative estimate of drug-likeness (QED) is 0.724. The average molecular weight is 366 g/mol. The number of rotatable bonds is 3. The van der Waals surface area contributed by atoms with Gasteiger partial charge in [-0.05, 0) is 49.6 Å². The number of para-hydroxylation sites is 2. The summed E-state index contributed by atoms with van der Waals surface area (Å²) in [5.41, 5.74) is 2.93. The van der Waals surface area contributed by atoms with Gasteiger partial charge in [-0.2, -0.15) is 0 Å². The van der Waals surface area contributed by atoms with E-state index < -0.39 is 0 Å². The molecule has 3 aromatic rings. The van der Waals surface area contributed by atoms with E-state index in [9.17, 15) is 9.18 Å². The first-order valence-electron chi connectivity index (χ1n) is 9.35. The van der Waals surface area contributed by atoms with E-state index >= 15 is 0 Å². The topological polar surface area (TPSA) is 61.0 Å². The van der Waals surface area contributed by atoms with Crippen LogP contribution in [-0.4, -0.2) is 34.0 Å². The van der Waals surface area contributed by atoms with Crippen LogP contribution in [0.15, 0.2) is 48.5 Å². The number of halogens is 1. The fourth-order valence-electron chi connectivity index (χ4n) is 3.63. The van der Waals surface area contributed by atoms with Crippen molar-refractivity contribution < 1.29 is 9.18 Å². The van der Waals surface area contributed by atoms with Crippen LogP contribution in [0, 0.1) is 5.82 Å². The van der Waals surface area contributed by atoms with Gasteiger partial charge in [-0.1, -0.05) is 24.3 Å². The van der Waals surface area contributed by atoms with Crippen molar-refractivity contribution in [1.82, 2.24) is 20.2 Å². The lowest BCUT2D eigenvalue weighted by Gasteiger charge is -2.32. The van der Waals surface area contributed by atoms with Gasteiger partial charge in [-0.3, -0.25) is 0 Å². The molecule has 1 aromatic heterocycles. The number of likely N-dealkylation sites (tertiary alicyclic amines) is 1. The molecule has 0 bridgehead atoms. The van der Waals surface area contributed by atoms with Gasteiger partial charge in [0.1, 0.15) is 11.6 Å². The second-order valence-corrected chi connectivity index (χ2v) is 7.12. The highest BCUT2D eigenvalue weighted by molar-refractivity contribution is 5.75. The highest BCUT2D eigenvalue weighted by atomic mass is 19.1. The van der Waals surface area contributed by atoms with E-state index in [1.165, 1.54) is 12.1 Å². The maximum Gasteiger partial charge on any atom is 0.317 e. The highest BCUT2D eigenvalue weighted by Gasteiger charge is 2.26. The monoisotopic (exact) mass is 366 g/mol. The molecular weight excluding hydrogens is 343 g/mol. The lowest BCUT2D eigenvalue weighted by atomic mass is 9.96. The average Bonchev–Trinajstić information content (AvgIpc) is 3.13. The predicted molar refractivity (Wildman–Crippen MR) is 103 cm³/mol. The van der Waals surface area contributed by atoms with E-state index in [4.69, 9.17) is 4.98 Å². The zero-order chi connectivity index (χ0) is 18.8. The summed E-state index contributed by atoms with van der Waals surface area (Å²) in [5, 5.41) is 3.00. The second-order valence-electron chi connectivity index (χ2n) is 7.12. The number of carbonyl (C=O) groups is 1. The Bertz CT molecular complexity index is 896. The first kappa shape index (κ1) is 17.5. The lowest BCUT2D eigenvalue weighted by Crippen LogP contribution is -2.44. The molecule has 2 aromatic carbocycles. The summed E-state index contributed by atoms with van der Waals surface area (Å²) >= 11 is 0. The zero-order valence-electron chi connectivity index (χ0n) is 15.3. The number of piperidine rings is 1. The number of hydrogen-bond acceptors (Lipinski definition) is 2. The number of benzene rings is 2. The van der Waals surface area contributed by atoms with E-state index in [1.54, 1.807) is 12.1 Å². The smallest absolute Gasteiger partial charge is 0.317 e. The molecule has 2 heterocycles. The van der Waals surface area contributed by atoms with E-state index in [0.29, 0.717) is 19.0 Å². The number of H-pyrrole nitrogens is 1. The number of nitrogens with zero attached hydrogens (tertiary/aromatic N) is 2. The van der Waals surface area contributed by atoms with Gasteiger partial charge in [0.25, 0.3) is 0 Å². The molecule has 27 heavy (non-hydrogen) atoms. The zero-order valence-corrected chi connectivity index (χ0v) is 15.3. The van der Waals surface area contributed by atoms with Crippen molar-refractivity contribution in [3.63, 3.8) is 0 Å². The van der Waals surface area contributed by atoms with Crippen LogP contribution in [0.3, 0.4) is 0 Å². The fraction of sp³-hybridized carbons (Fsp3) is 0.333. The molecule has 140 valence electrons. The van der Waals surface area contributed by atoms with Crippen molar-refractivity contribution >= 4 is 17.1 Å². The van der Waals surface area contributed by atoms with E-state index in [1.807, 2.05) is 36.1 Å². The van der Waals surface area contributed by atoms with Crippen LogP contribution >= 0.6 is 0 Å². The predicted octanol–water partition coefficient (Wildman–Crippen LogP) is 4.35. The van der Waals surface area contributed by atoms with Gasteiger partial charge >= 0.3 is 6.03 Å². The molecule has 0 unspecified atom stereocenters. The Hall–Kier alpha value is -2.89. The molecule has 1 fully saturated rings. The van der Waals surface area contributed by atoms with Crippen LogP contribution in [0.4, 0.5) is 9.18 Å². The second kappa shape index (κ2) is 7.39. The Morgan fingerprint density at radius 1 is 1.19 bits per heavy atom. The summed E-state index contributed by atoms with van der Waals surface area (Å²) < 4.78 is 13.0. The standard InChI is InChI=1S/C21H23FN4O/c1-14(15-6-8-17(22)9-7-15)23-21(27)26-12-10-16(11-13-26)20-24-18-4-2-3-5-19(18)25-20/h2-9,14,16H,10-13H2,1H3,(H,23,27)(H,24,25)/t14-/m0/s1. The van der Waals surface area contributed by atoms with Crippen LogP contribution in [0.2, 0.25) is 0 Å². The molecule has 0 spiro atoms. The third kappa shape index (κ3) is 3.79. The molecule has 2 N–H and O–H groups in total. The Morgan fingerprint density at radius 2 is 1.89 bits per heavy atom. The molecular formula is C21H23FN4O. The molecule has 0 radical (unpaired) electrons. The van der Waals surface area contributed by atoms with Gasteiger partial charge in [0, 0.05) is 19.0 Å². The summed E-state index contributed by atoms with van der Waals surface area (Å²) in [4.78, 5) is 22.5. The Kier molecular flexibility index (Phi) is 4.79. The summed E-state index contributed by atoms with van der Waals surface area (Å²) in [6.45, 7) is 3.31. The molecule has 1 saturated heterocycles. The van der Waals surface area contributed by atoms with Crippen molar-refractivity contribution in [3.05, 3.63) is 65.7 Å². The first-order chi connectivity index (χ1) is 13.1. The van der Waals surface area contributed by atoms with Gasteiger partial charge < -0.3 is 15.2 Å². The SMILES string of the molecule is C[C@H](NC(=O)N1CCC(c2nc3ccccc3[nH]2)CC1)c1ccc(F)cc1. The number of imidazole rings is 1. The minimum absolute atomic E-state index is 0.0742. The van der Waals surface area contributed by atoms with Gasteiger partial charge in [0.15, 0.2) is 0 Å². The lowest BCUT2D eigenvalue weighted by molar-refractivity contribution is 0.177. The number of hydrogen-bond donors (Lipinski definition) is 2. The van der Waals surface area contributed by atoms with Crippen molar-refractivity contribution in [2.45, 2.75) is 31.7 Å². The van der Waals surface area contributed by atoms with Gasteiger partial charge in [-0.25, -0.2) is 14.2 Å². The number of aromatic nitrogens is 2.